The summed E-state index contributed by atoms with van der Waals surface area (Å²) in [4.78, 5) is 2.49. The van der Waals surface area contributed by atoms with Crippen LogP contribution in [0.5, 0.6) is 5.75 Å². The molecule has 1 heterocycles. The van der Waals surface area contributed by atoms with E-state index in [2.05, 4.69) is 11.0 Å². The van der Waals surface area contributed by atoms with E-state index in [1.54, 1.807) is 6.07 Å². The van der Waals surface area contributed by atoms with E-state index in [1.165, 1.54) is 37.8 Å². The van der Waals surface area contributed by atoms with Crippen LogP contribution in [0, 0.1) is 5.92 Å². The van der Waals surface area contributed by atoms with Crippen LogP contribution in [0.1, 0.15) is 36.8 Å². The van der Waals surface area contributed by atoms with E-state index >= 15 is 0 Å². The van der Waals surface area contributed by atoms with Crippen molar-refractivity contribution in [2.75, 3.05) is 6.54 Å². The quantitative estimate of drug-likeness (QED) is 0.823. The van der Waals surface area contributed by atoms with E-state index in [4.69, 9.17) is 0 Å². The lowest BCUT2D eigenvalue weighted by Gasteiger charge is -2.19. The maximum Gasteiger partial charge on any atom is 0.120 e. The van der Waals surface area contributed by atoms with Crippen molar-refractivity contribution in [3.05, 3.63) is 29.3 Å². The fourth-order valence-electron chi connectivity index (χ4n) is 3.16. The van der Waals surface area contributed by atoms with Gasteiger partial charge in [-0.1, -0.05) is 25.0 Å². The predicted octanol–water partition coefficient (Wildman–Crippen LogP) is 2.90. The molecule has 2 nitrogen and oxygen atoms in total. The monoisotopic (exact) mass is 217 g/mol. The standard InChI is InChI=1S/C14H19NO/c16-14-7-3-6-12-9-15(10-13(12)14)8-11-4-1-2-5-11/h3,6-7,11,16H,1-2,4-5,8-10H2. The molecule has 0 aromatic heterocycles. The van der Waals surface area contributed by atoms with Crippen molar-refractivity contribution in [3.8, 4) is 5.75 Å². The summed E-state index contributed by atoms with van der Waals surface area (Å²) < 4.78 is 0. The van der Waals surface area contributed by atoms with Gasteiger partial charge in [0.05, 0.1) is 0 Å². The van der Waals surface area contributed by atoms with Gasteiger partial charge in [0.25, 0.3) is 0 Å². The van der Waals surface area contributed by atoms with Gasteiger partial charge < -0.3 is 5.11 Å². The molecule has 1 fully saturated rings. The van der Waals surface area contributed by atoms with Crippen LogP contribution in [-0.2, 0) is 13.1 Å². The van der Waals surface area contributed by atoms with Crippen LogP contribution in [-0.4, -0.2) is 16.6 Å². The third-order valence-electron chi connectivity index (χ3n) is 4.02. The van der Waals surface area contributed by atoms with Gasteiger partial charge in [0.2, 0.25) is 0 Å². The van der Waals surface area contributed by atoms with Crippen molar-refractivity contribution in [1.29, 1.82) is 0 Å². The van der Waals surface area contributed by atoms with Crippen molar-refractivity contribution in [1.82, 2.24) is 4.90 Å². The Bertz CT molecular complexity index is 382. The van der Waals surface area contributed by atoms with Crippen molar-refractivity contribution >= 4 is 0 Å². The summed E-state index contributed by atoms with van der Waals surface area (Å²) in [6.07, 6.45) is 5.63. The molecule has 2 heteroatoms. The minimum Gasteiger partial charge on any atom is -0.508 e. The molecule has 0 unspecified atom stereocenters. The molecule has 0 radical (unpaired) electrons. The van der Waals surface area contributed by atoms with Crippen LogP contribution in [0.15, 0.2) is 18.2 Å². The first-order valence-electron chi connectivity index (χ1n) is 6.35. The van der Waals surface area contributed by atoms with Gasteiger partial charge >= 0.3 is 0 Å². The van der Waals surface area contributed by atoms with Gasteiger partial charge in [0.1, 0.15) is 5.75 Å². The Labute approximate surface area is 96.9 Å². The maximum absolute atomic E-state index is 9.78. The molecule has 0 atom stereocenters. The normalized spacial score (nSPS) is 21.5. The SMILES string of the molecule is Oc1cccc2c1CN(CC1CCCC1)C2. The number of phenols is 1. The van der Waals surface area contributed by atoms with Crippen molar-refractivity contribution < 1.29 is 5.11 Å². The molecule has 2 aliphatic rings. The third-order valence-corrected chi connectivity index (χ3v) is 4.02. The lowest BCUT2D eigenvalue weighted by Crippen LogP contribution is -2.23. The van der Waals surface area contributed by atoms with Gasteiger partial charge in [-0.2, -0.15) is 0 Å². The summed E-state index contributed by atoms with van der Waals surface area (Å²) in [6.45, 7) is 3.19. The molecular weight excluding hydrogens is 198 g/mol. The Hall–Kier alpha value is -1.02. The fourth-order valence-corrected chi connectivity index (χ4v) is 3.16. The second kappa shape index (κ2) is 4.10. The summed E-state index contributed by atoms with van der Waals surface area (Å²) in [5, 5.41) is 9.78. The van der Waals surface area contributed by atoms with Crippen molar-refractivity contribution in [3.63, 3.8) is 0 Å². The maximum atomic E-state index is 9.78. The van der Waals surface area contributed by atoms with Crippen molar-refractivity contribution in [2.45, 2.75) is 38.8 Å². The Balaban J connectivity index is 1.68. The molecule has 1 saturated carbocycles. The Morgan fingerprint density at radius 3 is 2.75 bits per heavy atom. The summed E-state index contributed by atoms with van der Waals surface area (Å²) in [7, 11) is 0. The number of phenolic OH excluding ortho intramolecular Hbond substituents is 1. The van der Waals surface area contributed by atoms with Crippen LogP contribution < -0.4 is 0 Å². The highest BCUT2D eigenvalue weighted by molar-refractivity contribution is 5.41. The number of fused-ring (bicyclic) bond motifs is 1. The van der Waals surface area contributed by atoms with E-state index < -0.39 is 0 Å². The van der Waals surface area contributed by atoms with E-state index in [1.807, 2.05) is 6.07 Å². The van der Waals surface area contributed by atoms with E-state index in [0.717, 1.165) is 24.6 Å². The summed E-state index contributed by atoms with van der Waals surface area (Å²) in [6, 6.07) is 5.90. The lowest BCUT2D eigenvalue weighted by atomic mass is 10.1. The predicted molar refractivity (Wildman–Crippen MR) is 64.2 cm³/mol. The first-order chi connectivity index (χ1) is 7.83. The van der Waals surface area contributed by atoms with Gasteiger partial charge in [0, 0.05) is 25.2 Å². The van der Waals surface area contributed by atoms with Crippen LogP contribution in [0.4, 0.5) is 0 Å². The second-order valence-electron chi connectivity index (χ2n) is 5.23. The summed E-state index contributed by atoms with van der Waals surface area (Å²) >= 11 is 0. The first-order valence-corrected chi connectivity index (χ1v) is 6.35. The molecule has 1 aromatic carbocycles. The molecule has 0 bridgehead atoms. The van der Waals surface area contributed by atoms with Crippen LogP contribution in [0.2, 0.25) is 0 Å². The van der Waals surface area contributed by atoms with Crippen LogP contribution >= 0.6 is 0 Å². The molecule has 1 aliphatic heterocycles. The molecule has 1 aliphatic carbocycles. The number of hydrogen-bond acceptors (Lipinski definition) is 2. The third kappa shape index (κ3) is 1.82. The van der Waals surface area contributed by atoms with E-state index in [9.17, 15) is 5.11 Å². The summed E-state index contributed by atoms with van der Waals surface area (Å²) in [5.74, 6) is 1.38. The van der Waals surface area contributed by atoms with Gasteiger partial charge in [-0.25, -0.2) is 0 Å². The molecular formula is C14H19NO. The van der Waals surface area contributed by atoms with Gasteiger partial charge in [0.15, 0.2) is 0 Å². The fraction of sp³-hybridized carbons (Fsp3) is 0.571. The van der Waals surface area contributed by atoms with Gasteiger partial charge in [-0.3, -0.25) is 4.90 Å². The molecule has 86 valence electrons. The zero-order valence-corrected chi connectivity index (χ0v) is 9.65. The second-order valence-corrected chi connectivity index (χ2v) is 5.23. The largest absolute Gasteiger partial charge is 0.508 e. The average Bonchev–Trinajstić information content (AvgIpc) is 2.88. The highest BCUT2D eigenvalue weighted by Gasteiger charge is 2.25. The Kier molecular flexibility index (Phi) is 2.60. The average molecular weight is 217 g/mol. The highest BCUT2D eigenvalue weighted by atomic mass is 16.3. The van der Waals surface area contributed by atoms with Crippen LogP contribution in [0.3, 0.4) is 0 Å². The van der Waals surface area contributed by atoms with E-state index in [-0.39, 0.29) is 0 Å². The minimum atomic E-state index is 0.478. The van der Waals surface area contributed by atoms with Crippen molar-refractivity contribution in [2.24, 2.45) is 5.92 Å². The topological polar surface area (TPSA) is 23.5 Å². The number of benzene rings is 1. The van der Waals surface area contributed by atoms with Crippen LogP contribution in [0.25, 0.3) is 0 Å². The Morgan fingerprint density at radius 2 is 2.00 bits per heavy atom. The zero-order valence-electron chi connectivity index (χ0n) is 9.65. The highest BCUT2D eigenvalue weighted by Crippen LogP contribution is 2.32. The van der Waals surface area contributed by atoms with Gasteiger partial charge in [-0.15, -0.1) is 0 Å². The molecule has 1 N–H and O–H groups in total. The molecule has 0 spiro atoms. The molecule has 3 rings (SSSR count). The molecule has 0 saturated heterocycles. The number of rotatable bonds is 2. The van der Waals surface area contributed by atoms with E-state index in [0.29, 0.717) is 5.75 Å². The summed E-state index contributed by atoms with van der Waals surface area (Å²) in [5.41, 5.74) is 2.47. The molecule has 16 heavy (non-hydrogen) atoms. The minimum absolute atomic E-state index is 0.478. The number of nitrogens with zero attached hydrogens (tertiary/aromatic N) is 1. The molecule has 1 aromatic rings. The smallest absolute Gasteiger partial charge is 0.120 e. The number of hydrogen-bond donors (Lipinski definition) is 1. The first kappa shape index (κ1) is 10.2. The number of aromatic hydroxyl groups is 1. The Morgan fingerprint density at radius 1 is 1.19 bits per heavy atom. The lowest BCUT2D eigenvalue weighted by molar-refractivity contribution is 0.236. The molecule has 0 amide bonds. The van der Waals surface area contributed by atoms with Gasteiger partial charge in [-0.05, 0) is 30.4 Å². The zero-order chi connectivity index (χ0) is 11.0.